The number of halogens is 3. The lowest BCUT2D eigenvalue weighted by atomic mass is 9.82. The zero-order valence-corrected chi connectivity index (χ0v) is 12.4. The van der Waals surface area contributed by atoms with E-state index in [9.17, 15) is 8.78 Å². The number of hydrogen-bond donors (Lipinski definition) is 0. The molecule has 1 aromatic carbocycles. The number of benzene rings is 1. The third-order valence-corrected chi connectivity index (χ3v) is 4.34. The first-order chi connectivity index (χ1) is 8.39. The van der Waals surface area contributed by atoms with E-state index in [1.807, 2.05) is 0 Å². The highest BCUT2D eigenvalue weighted by molar-refractivity contribution is 9.10. The summed E-state index contributed by atoms with van der Waals surface area (Å²) in [5.74, 6) is -0.930. The second kappa shape index (κ2) is 5.25. The molecule has 0 atom stereocenters. The van der Waals surface area contributed by atoms with E-state index >= 15 is 0 Å². The lowest BCUT2D eigenvalue weighted by molar-refractivity contribution is 0.125. The van der Waals surface area contributed by atoms with E-state index in [-0.39, 0.29) is 5.56 Å². The van der Waals surface area contributed by atoms with Crippen LogP contribution in [0.1, 0.15) is 32.3 Å². The summed E-state index contributed by atoms with van der Waals surface area (Å²) in [4.78, 5) is 2.12. The molecule has 0 bridgehead atoms. The smallest absolute Gasteiger partial charge is 0.144 e. The molecule has 0 N–H and O–H groups in total. The predicted molar refractivity (Wildman–Crippen MR) is 72.4 cm³/mol. The van der Waals surface area contributed by atoms with Gasteiger partial charge in [0, 0.05) is 12.1 Å². The molecule has 100 valence electrons. The zero-order valence-electron chi connectivity index (χ0n) is 10.8. The van der Waals surface area contributed by atoms with Crippen LogP contribution < -0.4 is 0 Å². The van der Waals surface area contributed by atoms with E-state index in [1.54, 1.807) is 0 Å². The van der Waals surface area contributed by atoms with E-state index in [0.717, 1.165) is 25.9 Å². The molecule has 0 unspecified atom stereocenters. The fraction of sp³-hybridized carbons (Fsp3) is 0.571. The van der Waals surface area contributed by atoms with Crippen LogP contribution in [0.25, 0.3) is 0 Å². The van der Waals surface area contributed by atoms with E-state index in [0.29, 0.717) is 16.4 Å². The Kier molecular flexibility index (Phi) is 4.07. The normalized spacial score (nSPS) is 20.1. The van der Waals surface area contributed by atoms with Crippen molar-refractivity contribution in [2.75, 3.05) is 13.1 Å². The van der Waals surface area contributed by atoms with Crippen molar-refractivity contribution in [3.8, 4) is 0 Å². The van der Waals surface area contributed by atoms with Crippen LogP contribution in [0.15, 0.2) is 16.6 Å². The van der Waals surface area contributed by atoms with Crippen molar-refractivity contribution in [1.82, 2.24) is 4.90 Å². The van der Waals surface area contributed by atoms with Gasteiger partial charge in [0.25, 0.3) is 0 Å². The van der Waals surface area contributed by atoms with Crippen molar-refractivity contribution >= 4 is 15.9 Å². The van der Waals surface area contributed by atoms with Crippen molar-refractivity contribution in [2.24, 2.45) is 5.41 Å². The fourth-order valence-electron chi connectivity index (χ4n) is 2.25. The molecule has 0 aromatic heterocycles. The Morgan fingerprint density at radius 2 is 1.83 bits per heavy atom. The van der Waals surface area contributed by atoms with Crippen LogP contribution in [0.5, 0.6) is 0 Å². The molecule has 1 nitrogen and oxygen atoms in total. The summed E-state index contributed by atoms with van der Waals surface area (Å²) in [5, 5.41) is 0. The van der Waals surface area contributed by atoms with Gasteiger partial charge in [-0.2, -0.15) is 0 Å². The summed E-state index contributed by atoms with van der Waals surface area (Å²) >= 11 is 3.10. The van der Waals surface area contributed by atoms with Crippen LogP contribution in [0.4, 0.5) is 8.78 Å². The molecule has 18 heavy (non-hydrogen) atoms. The molecule has 0 aliphatic carbocycles. The lowest BCUT2D eigenvalue weighted by Crippen LogP contribution is -2.37. The Morgan fingerprint density at radius 3 is 2.44 bits per heavy atom. The summed E-state index contributed by atoms with van der Waals surface area (Å²) in [6.07, 6.45) is 2.15. The number of rotatable bonds is 2. The van der Waals surface area contributed by atoms with Crippen molar-refractivity contribution in [2.45, 2.75) is 33.2 Å². The maximum absolute atomic E-state index is 13.9. The van der Waals surface area contributed by atoms with Crippen molar-refractivity contribution < 1.29 is 8.78 Å². The summed E-state index contributed by atoms with van der Waals surface area (Å²) in [7, 11) is 0. The molecule has 0 saturated carbocycles. The molecule has 4 heteroatoms. The first-order valence-corrected chi connectivity index (χ1v) is 7.03. The monoisotopic (exact) mass is 317 g/mol. The van der Waals surface area contributed by atoms with Gasteiger partial charge in [0.1, 0.15) is 11.6 Å². The number of likely N-dealkylation sites (tertiary alicyclic amines) is 1. The molecule has 1 aromatic rings. The largest absolute Gasteiger partial charge is 0.299 e. The second-order valence-electron chi connectivity index (χ2n) is 5.76. The number of hydrogen-bond acceptors (Lipinski definition) is 1. The molecule has 0 amide bonds. The van der Waals surface area contributed by atoms with E-state index in [4.69, 9.17) is 0 Å². The average Bonchev–Trinajstić information content (AvgIpc) is 2.32. The highest BCUT2D eigenvalue weighted by Gasteiger charge is 2.26. The van der Waals surface area contributed by atoms with Gasteiger partial charge < -0.3 is 0 Å². The summed E-state index contributed by atoms with van der Waals surface area (Å²) < 4.78 is 27.8. The lowest BCUT2D eigenvalue weighted by Gasteiger charge is -2.37. The van der Waals surface area contributed by atoms with E-state index < -0.39 is 11.6 Å². The van der Waals surface area contributed by atoms with Crippen LogP contribution in [-0.4, -0.2) is 18.0 Å². The highest BCUT2D eigenvalue weighted by atomic mass is 79.9. The molecule has 1 fully saturated rings. The molecule has 0 radical (unpaired) electrons. The molecular formula is C14H18BrF2N. The third kappa shape index (κ3) is 3.09. The van der Waals surface area contributed by atoms with Gasteiger partial charge in [-0.3, -0.25) is 4.90 Å². The SMILES string of the molecule is CC1(C)CCN(Cc2c(F)ccc(Br)c2F)CC1. The average molecular weight is 318 g/mol. The van der Waals surface area contributed by atoms with Crippen molar-refractivity contribution in [1.29, 1.82) is 0 Å². The van der Waals surface area contributed by atoms with Gasteiger partial charge in [0.05, 0.1) is 4.47 Å². The summed E-state index contributed by atoms with van der Waals surface area (Å²) in [6, 6.07) is 2.73. The van der Waals surface area contributed by atoms with E-state index in [1.165, 1.54) is 12.1 Å². The number of nitrogens with zero attached hydrogens (tertiary/aromatic N) is 1. The zero-order chi connectivity index (χ0) is 13.3. The third-order valence-electron chi connectivity index (χ3n) is 3.73. The second-order valence-corrected chi connectivity index (χ2v) is 6.62. The standard InChI is InChI=1S/C14H18BrF2N/c1-14(2)5-7-18(8-6-14)9-10-12(16)4-3-11(15)13(10)17/h3-4H,5-9H2,1-2H3. The van der Waals surface area contributed by atoms with E-state index in [2.05, 4.69) is 34.7 Å². The molecule has 0 spiro atoms. The molecule has 1 aliphatic heterocycles. The van der Waals surface area contributed by atoms with Gasteiger partial charge in [-0.15, -0.1) is 0 Å². The maximum Gasteiger partial charge on any atom is 0.144 e. The van der Waals surface area contributed by atoms with Gasteiger partial charge >= 0.3 is 0 Å². The maximum atomic E-state index is 13.9. The first kappa shape index (κ1) is 13.9. The molecule has 2 rings (SSSR count). The van der Waals surface area contributed by atoms with Gasteiger partial charge in [-0.05, 0) is 59.4 Å². The molecule has 1 aliphatic rings. The quantitative estimate of drug-likeness (QED) is 0.733. The predicted octanol–water partition coefficient (Wildman–Crippen LogP) is 4.35. The summed E-state index contributed by atoms with van der Waals surface area (Å²) in [5.41, 5.74) is 0.522. The van der Waals surface area contributed by atoms with Gasteiger partial charge in [0.2, 0.25) is 0 Å². The minimum Gasteiger partial charge on any atom is -0.299 e. The van der Waals surface area contributed by atoms with Crippen LogP contribution in [-0.2, 0) is 6.54 Å². The molecule has 1 saturated heterocycles. The first-order valence-electron chi connectivity index (χ1n) is 6.24. The van der Waals surface area contributed by atoms with Crippen molar-refractivity contribution in [3.05, 3.63) is 33.8 Å². The summed E-state index contributed by atoms with van der Waals surface area (Å²) in [6.45, 7) is 6.64. The Morgan fingerprint density at radius 1 is 1.22 bits per heavy atom. The minimum atomic E-state index is -0.472. The van der Waals surface area contributed by atoms with Crippen LogP contribution in [0.2, 0.25) is 0 Å². The van der Waals surface area contributed by atoms with Gasteiger partial charge in [-0.25, -0.2) is 8.78 Å². The van der Waals surface area contributed by atoms with Crippen LogP contribution in [0, 0.1) is 17.0 Å². The van der Waals surface area contributed by atoms with Crippen molar-refractivity contribution in [3.63, 3.8) is 0 Å². The van der Waals surface area contributed by atoms with Gasteiger partial charge in [-0.1, -0.05) is 13.8 Å². The minimum absolute atomic E-state index is 0.170. The Hall–Kier alpha value is -0.480. The molecule has 1 heterocycles. The number of piperidine rings is 1. The van der Waals surface area contributed by atoms with Gasteiger partial charge in [0.15, 0.2) is 0 Å². The van der Waals surface area contributed by atoms with Crippen LogP contribution >= 0.6 is 15.9 Å². The molecular weight excluding hydrogens is 300 g/mol. The van der Waals surface area contributed by atoms with Crippen LogP contribution in [0.3, 0.4) is 0 Å². The Balaban J connectivity index is 2.09. The fourth-order valence-corrected chi connectivity index (χ4v) is 2.63. The highest BCUT2D eigenvalue weighted by Crippen LogP contribution is 2.31. The topological polar surface area (TPSA) is 3.24 Å². The Labute approximate surface area is 115 Å². The Bertz CT molecular complexity index is 436.